The van der Waals surface area contributed by atoms with Crippen LogP contribution in [0.15, 0.2) is 0 Å². The van der Waals surface area contributed by atoms with Crippen molar-refractivity contribution in [1.29, 1.82) is 0 Å². The van der Waals surface area contributed by atoms with Crippen LogP contribution in [-0.2, 0) is 9.53 Å². The molecule has 3 nitrogen and oxygen atoms in total. The van der Waals surface area contributed by atoms with Crippen LogP contribution in [0, 0.1) is 5.92 Å². The van der Waals surface area contributed by atoms with E-state index in [1.165, 1.54) is 0 Å². The molecule has 0 amide bonds. The molecular weight excluding hydrogens is 190 g/mol. The van der Waals surface area contributed by atoms with Crippen LogP contribution in [0.4, 0.5) is 0 Å². The second kappa shape index (κ2) is 4.52. The first-order valence-corrected chi connectivity index (χ1v) is 5.77. The minimum atomic E-state index is -0.367. The molecule has 1 aliphatic rings. The average Bonchev–Trinajstić information content (AvgIpc) is 1.98. The third-order valence-corrected chi connectivity index (χ3v) is 2.59. The molecule has 0 saturated carbocycles. The van der Waals surface area contributed by atoms with E-state index >= 15 is 0 Å². The van der Waals surface area contributed by atoms with E-state index in [-0.39, 0.29) is 17.5 Å². The van der Waals surface area contributed by atoms with Crippen LogP contribution >= 0.6 is 0 Å². The maximum Gasteiger partial charge on any atom is 0.309 e. The molecule has 1 N–H and O–H groups in total. The van der Waals surface area contributed by atoms with Crippen LogP contribution in [0.5, 0.6) is 0 Å². The number of esters is 1. The third-order valence-electron chi connectivity index (χ3n) is 2.59. The van der Waals surface area contributed by atoms with Crippen LogP contribution in [-0.4, -0.2) is 23.7 Å². The lowest BCUT2D eigenvalue weighted by atomic mass is 9.89. The largest absolute Gasteiger partial charge is 0.460 e. The molecule has 1 saturated heterocycles. The van der Waals surface area contributed by atoms with Gasteiger partial charge in [0.05, 0.1) is 5.92 Å². The highest BCUT2D eigenvalue weighted by Gasteiger charge is 2.31. The van der Waals surface area contributed by atoms with Gasteiger partial charge in [-0.1, -0.05) is 0 Å². The highest BCUT2D eigenvalue weighted by atomic mass is 16.6. The monoisotopic (exact) mass is 213 g/mol. The molecule has 1 aliphatic heterocycles. The predicted molar refractivity (Wildman–Crippen MR) is 60.6 cm³/mol. The minimum absolute atomic E-state index is 0.0392. The normalized spacial score (nSPS) is 32.5. The van der Waals surface area contributed by atoms with Gasteiger partial charge in [-0.05, 0) is 47.5 Å². The first-order chi connectivity index (χ1) is 6.78. The van der Waals surface area contributed by atoms with E-state index in [4.69, 9.17) is 4.74 Å². The molecule has 1 rings (SSSR count). The van der Waals surface area contributed by atoms with Gasteiger partial charge in [0.15, 0.2) is 0 Å². The Morgan fingerprint density at radius 2 is 1.67 bits per heavy atom. The molecule has 0 bridgehead atoms. The van der Waals surface area contributed by atoms with Crippen LogP contribution in [0.2, 0.25) is 0 Å². The molecule has 0 spiro atoms. The second-order valence-corrected chi connectivity index (χ2v) is 5.67. The Bertz CT molecular complexity index is 222. The highest BCUT2D eigenvalue weighted by molar-refractivity contribution is 5.73. The standard InChI is InChI=1S/C12H23NO2/c1-8-6-10(7-9(2)13-8)11(14)15-12(3,4)5/h8-10,13H,6-7H2,1-5H3. The second-order valence-electron chi connectivity index (χ2n) is 5.67. The molecule has 1 heterocycles. The summed E-state index contributed by atoms with van der Waals surface area (Å²) in [4.78, 5) is 11.9. The summed E-state index contributed by atoms with van der Waals surface area (Å²) >= 11 is 0. The highest BCUT2D eigenvalue weighted by Crippen LogP contribution is 2.23. The van der Waals surface area contributed by atoms with E-state index in [2.05, 4.69) is 19.2 Å². The summed E-state index contributed by atoms with van der Waals surface area (Å²) in [7, 11) is 0. The first kappa shape index (κ1) is 12.5. The summed E-state index contributed by atoms with van der Waals surface area (Å²) in [6.07, 6.45) is 1.78. The fraction of sp³-hybridized carbons (Fsp3) is 0.917. The molecule has 3 heteroatoms. The zero-order valence-corrected chi connectivity index (χ0v) is 10.5. The van der Waals surface area contributed by atoms with Gasteiger partial charge in [0.2, 0.25) is 0 Å². The molecule has 0 aromatic rings. The number of ether oxygens (including phenoxy) is 1. The molecule has 0 aliphatic carbocycles. The minimum Gasteiger partial charge on any atom is -0.460 e. The zero-order chi connectivity index (χ0) is 11.6. The van der Waals surface area contributed by atoms with E-state index in [1.807, 2.05) is 20.8 Å². The van der Waals surface area contributed by atoms with E-state index < -0.39 is 0 Å². The van der Waals surface area contributed by atoms with Crippen molar-refractivity contribution in [1.82, 2.24) is 5.32 Å². The lowest BCUT2D eigenvalue weighted by Crippen LogP contribution is -2.45. The number of carbonyl (C=O) groups is 1. The van der Waals surface area contributed by atoms with Crippen molar-refractivity contribution in [3.8, 4) is 0 Å². The van der Waals surface area contributed by atoms with E-state index in [0.29, 0.717) is 12.1 Å². The molecule has 1 fully saturated rings. The Kier molecular flexibility index (Phi) is 3.77. The predicted octanol–water partition coefficient (Wildman–Crippen LogP) is 2.10. The Morgan fingerprint density at radius 3 is 2.07 bits per heavy atom. The molecule has 15 heavy (non-hydrogen) atoms. The lowest BCUT2D eigenvalue weighted by molar-refractivity contribution is -0.161. The number of carbonyl (C=O) groups excluding carboxylic acids is 1. The summed E-state index contributed by atoms with van der Waals surface area (Å²) in [5.74, 6) is 0.0261. The summed E-state index contributed by atoms with van der Waals surface area (Å²) in [5.41, 5.74) is -0.367. The summed E-state index contributed by atoms with van der Waals surface area (Å²) in [6, 6.07) is 0.817. The van der Waals surface area contributed by atoms with Crippen LogP contribution in [0.1, 0.15) is 47.5 Å². The van der Waals surface area contributed by atoms with Crippen molar-refractivity contribution in [3.63, 3.8) is 0 Å². The quantitative estimate of drug-likeness (QED) is 0.678. The van der Waals surface area contributed by atoms with Crippen LogP contribution < -0.4 is 5.32 Å². The molecule has 0 aromatic carbocycles. The maximum absolute atomic E-state index is 11.9. The Labute approximate surface area is 92.6 Å². The van der Waals surface area contributed by atoms with Gasteiger partial charge < -0.3 is 10.1 Å². The van der Waals surface area contributed by atoms with Gasteiger partial charge in [0.25, 0.3) is 0 Å². The molecule has 2 atom stereocenters. The van der Waals surface area contributed by atoms with E-state index in [0.717, 1.165) is 12.8 Å². The lowest BCUT2D eigenvalue weighted by Gasteiger charge is -2.33. The van der Waals surface area contributed by atoms with Gasteiger partial charge in [-0.2, -0.15) is 0 Å². The van der Waals surface area contributed by atoms with Crippen molar-refractivity contribution in [2.24, 2.45) is 5.92 Å². The van der Waals surface area contributed by atoms with Gasteiger partial charge in [-0.15, -0.1) is 0 Å². The summed E-state index contributed by atoms with van der Waals surface area (Å²) in [6.45, 7) is 9.98. The molecule has 88 valence electrons. The number of hydrogen-bond acceptors (Lipinski definition) is 3. The fourth-order valence-corrected chi connectivity index (χ4v) is 2.15. The fourth-order valence-electron chi connectivity index (χ4n) is 2.15. The molecular formula is C12H23NO2. The van der Waals surface area contributed by atoms with Crippen LogP contribution in [0.25, 0.3) is 0 Å². The van der Waals surface area contributed by atoms with Crippen molar-refractivity contribution in [2.75, 3.05) is 0 Å². The average molecular weight is 213 g/mol. The van der Waals surface area contributed by atoms with Gasteiger partial charge in [0.1, 0.15) is 5.60 Å². The van der Waals surface area contributed by atoms with Crippen molar-refractivity contribution in [2.45, 2.75) is 65.1 Å². The van der Waals surface area contributed by atoms with Crippen molar-refractivity contribution in [3.05, 3.63) is 0 Å². The Balaban J connectivity index is 2.52. The van der Waals surface area contributed by atoms with Crippen molar-refractivity contribution < 1.29 is 9.53 Å². The summed E-state index contributed by atoms with van der Waals surface area (Å²) in [5, 5.41) is 3.42. The SMILES string of the molecule is CC1CC(C(=O)OC(C)(C)C)CC(C)N1. The number of hydrogen-bond donors (Lipinski definition) is 1. The van der Waals surface area contributed by atoms with Gasteiger partial charge in [-0.25, -0.2) is 0 Å². The van der Waals surface area contributed by atoms with Crippen molar-refractivity contribution >= 4 is 5.97 Å². The first-order valence-electron chi connectivity index (χ1n) is 5.77. The zero-order valence-electron chi connectivity index (χ0n) is 10.5. The van der Waals surface area contributed by atoms with Gasteiger partial charge >= 0.3 is 5.97 Å². The Morgan fingerprint density at radius 1 is 1.20 bits per heavy atom. The molecule has 0 aromatic heterocycles. The number of piperidine rings is 1. The number of nitrogens with one attached hydrogen (secondary N) is 1. The molecule has 0 radical (unpaired) electrons. The maximum atomic E-state index is 11.9. The van der Waals surface area contributed by atoms with Gasteiger partial charge in [-0.3, -0.25) is 4.79 Å². The number of rotatable bonds is 1. The van der Waals surface area contributed by atoms with Gasteiger partial charge in [0, 0.05) is 12.1 Å². The topological polar surface area (TPSA) is 38.3 Å². The van der Waals surface area contributed by atoms with Crippen LogP contribution in [0.3, 0.4) is 0 Å². The summed E-state index contributed by atoms with van der Waals surface area (Å²) < 4.78 is 5.41. The Hall–Kier alpha value is -0.570. The molecule has 2 unspecified atom stereocenters. The smallest absolute Gasteiger partial charge is 0.309 e. The third kappa shape index (κ3) is 4.20. The van der Waals surface area contributed by atoms with E-state index in [1.54, 1.807) is 0 Å². The van der Waals surface area contributed by atoms with E-state index in [9.17, 15) is 4.79 Å².